The van der Waals surface area contributed by atoms with E-state index >= 15 is 0 Å². The van der Waals surface area contributed by atoms with Gasteiger partial charge < -0.3 is 10.8 Å². The highest BCUT2D eigenvalue weighted by atomic mass is 79.9. The van der Waals surface area contributed by atoms with Crippen LogP contribution in [0.3, 0.4) is 0 Å². The van der Waals surface area contributed by atoms with Crippen LogP contribution >= 0.6 is 27.5 Å². The molecule has 0 amide bonds. The number of benzene rings is 1. The van der Waals surface area contributed by atoms with E-state index in [0.717, 1.165) is 6.07 Å². The normalized spacial score (nSPS) is 11.6. The number of amidine groups is 1. The van der Waals surface area contributed by atoms with Gasteiger partial charge in [-0.1, -0.05) is 0 Å². The van der Waals surface area contributed by atoms with Gasteiger partial charge in [-0.15, -0.1) is 11.6 Å². The van der Waals surface area contributed by atoms with Crippen molar-refractivity contribution in [2.45, 2.75) is 0 Å². The van der Waals surface area contributed by atoms with Crippen LogP contribution in [0.25, 0.3) is 0 Å². The summed E-state index contributed by atoms with van der Waals surface area (Å²) in [7, 11) is 0. The summed E-state index contributed by atoms with van der Waals surface area (Å²) in [5, 5.41) is 8.62. The highest BCUT2D eigenvalue weighted by Gasteiger charge is 2.21. The molecule has 0 aliphatic rings. The first kappa shape index (κ1) is 13.9. The van der Waals surface area contributed by atoms with Gasteiger partial charge in [-0.25, -0.2) is 18.6 Å². The van der Waals surface area contributed by atoms with Crippen molar-refractivity contribution in [1.82, 2.24) is 0 Å². The number of halogens is 4. The molecule has 4 nitrogen and oxygen atoms in total. The second-order valence-electron chi connectivity index (χ2n) is 2.92. The largest absolute Gasteiger partial charge is 0.478 e. The maximum atomic E-state index is 13.5. The van der Waals surface area contributed by atoms with E-state index in [1.807, 2.05) is 0 Å². The third-order valence-electron chi connectivity index (χ3n) is 1.76. The summed E-state index contributed by atoms with van der Waals surface area (Å²) >= 11 is 8.23. The van der Waals surface area contributed by atoms with E-state index in [1.165, 1.54) is 0 Å². The molecule has 0 aromatic heterocycles. The molecule has 0 spiro atoms. The van der Waals surface area contributed by atoms with Crippen LogP contribution < -0.4 is 5.73 Å². The Morgan fingerprint density at radius 2 is 2.12 bits per heavy atom. The summed E-state index contributed by atoms with van der Waals surface area (Å²) in [6, 6.07) is 0.904. The van der Waals surface area contributed by atoms with Gasteiger partial charge in [0.1, 0.15) is 11.5 Å². The van der Waals surface area contributed by atoms with E-state index in [9.17, 15) is 13.6 Å². The molecule has 0 atom stereocenters. The van der Waals surface area contributed by atoms with Crippen LogP contribution in [0.5, 0.6) is 0 Å². The van der Waals surface area contributed by atoms with Crippen molar-refractivity contribution >= 4 is 45.0 Å². The number of aromatic carboxylic acids is 1. The smallest absolute Gasteiger partial charge is 0.338 e. The quantitative estimate of drug-likeness (QED) is 0.388. The highest BCUT2D eigenvalue weighted by Crippen LogP contribution is 2.32. The van der Waals surface area contributed by atoms with Gasteiger partial charge in [0.15, 0.2) is 11.6 Å². The monoisotopic (exact) mass is 326 g/mol. The molecule has 0 heterocycles. The summed E-state index contributed by atoms with van der Waals surface area (Å²) < 4.78 is 26.8. The van der Waals surface area contributed by atoms with Crippen LogP contribution in [0.2, 0.25) is 0 Å². The number of nitrogens with zero attached hydrogens (tertiary/aromatic N) is 1. The van der Waals surface area contributed by atoms with E-state index < -0.39 is 28.9 Å². The Morgan fingerprint density at radius 3 is 2.59 bits per heavy atom. The molecule has 8 heteroatoms. The third kappa shape index (κ3) is 2.92. The molecule has 3 N–H and O–H groups in total. The van der Waals surface area contributed by atoms with Crippen LogP contribution in [-0.2, 0) is 0 Å². The number of hydrogen-bond acceptors (Lipinski definition) is 2. The second kappa shape index (κ2) is 5.42. The van der Waals surface area contributed by atoms with Gasteiger partial charge in [-0.3, -0.25) is 0 Å². The Kier molecular flexibility index (Phi) is 4.41. The van der Waals surface area contributed by atoms with Gasteiger partial charge in [0.25, 0.3) is 0 Å². The Morgan fingerprint density at radius 1 is 1.53 bits per heavy atom. The van der Waals surface area contributed by atoms with E-state index in [-0.39, 0.29) is 16.2 Å². The first-order valence-electron chi connectivity index (χ1n) is 4.18. The van der Waals surface area contributed by atoms with E-state index in [2.05, 4.69) is 20.9 Å². The average Bonchev–Trinajstić information content (AvgIpc) is 2.28. The van der Waals surface area contributed by atoms with Crippen LogP contribution in [0.1, 0.15) is 10.4 Å². The van der Waals surface area contributed by atoms with Gasteiger partial charge in [0.05, 0.1) is 11.4 Å². The molecule has 0 fully saturated rings. The molecule has 0 saturated heterocycles. The third-order valence-corrected chi connectivity index (χ3v) is 2.64. The molecular weight excluding hydrogens is 321 g/mol. The van der Waals surface area contributed by atoms with Crippen molar-refractivity contribution in [3.05, 3.63) is 27.7 Å². The second-order valence-corrected chi connectivity index (χ2v) is 4.05. The average molecular weight is 328 g/mol. The lowest BCUT2D eigenvalue weighted by molar-refractivity contribution is 0.0690. The number of rotatable bonds is 3. The first-order chi connectivity index (χ1) is 7.88. The number of carboxylic acid groups (broad SMARTS) is 1. The van der Waals surface area contributed by atoms with Gasteiger partial charge in [0, 0.05) is 4.47 Å². The molecule has 1 aromatic carbocycles. The van der Waals surface area contributed by atoms with Crippen LogP contribution in [0, 0.1) is 11.6 Å². The molecule has 0 saturated carbocycles. The van der Waals surface area contributed by atoms with Crippen molar-refractivity contribution in [3.8, 4) is 0 Å². The number of alkyl halides is 1. The maximum Gasteiger partial charge on any atom is 0.338 e. The number of hydrogen-bond donors (Lipinski definition) is 2. The molecule has 0 aliphatic heterocycles. The summed E-state index contributed by atoms with van der Waals surface area (Å²) in [5.41, 5.74) is 4.06. The van der Waals surface area contributed by atoms with Crippen LogP contribution in [0.4, 0.5) is 14.5 Å². The summed E-state index contributed by atoms with van der Waals surface area (Å²) in [6.07, 6.45) is 0. The SMILES string of the molecule is NC(CCl)=Nc1c(Br)cc(C(=O)O)c(F)c1F. The summed E-state index contributed by atoms with van der Waals surface area (Å²) in [4.78, 5) is 14.2. The fraction of sp³-hybridized carbons (Fsp3) is 0.111. The van der Waals surface area contributed by atoms with Gasteiger partial charge in [-0.05, 0) is 22.0 Å². The van der Waals surface area contributed by atoms with Crippen molar-refractivity contribution in [2.24, 2.45) is 10.7 Å². The predicted molar refractivity (Wildman–Crippen MR) is 63.0 cm³/mol. The molecule has 0 aliphatic carbocycles. The number of carboxylic acids is 1. The highest BCUT2D eigenvalue weighted by molar-refractivity contribution is 9.10. The molecule has 17 heavy (non-hydrogen) atoms. The molecule has 1 aromatic rings. The zero-order chi connectivity index (χ0) is 13.2. The maximum absolute atomic E-state index is 13.5. The van der Waals surface area contributed by atoms with Crippen molar-refractivity contribution in [2.75, 3.05) is 5.88 Å². The zero-order valence-electron chi connectivity index (χ0n) is 8.18. The van der Waals surface area contributed by atoms with Crippen molar-refractivity contribution in [3.63, 3.8) is 0 Å². The fourth-order valence-electron chi connectivity index (χ4n) is 1.02. The molecule has 1 rings (SSSR count). The fourth-order valence-corrected chi connectivity index (χ4v) is 1.57. The lowest BCUT2D eigenvalue weighted by Crippen LogP contribution is -2.13. The van der Waals surface area contributed by atoms with Crippen molar-refractivity contribution < 1.29 is 18.7 Å². The number of carbonyl (C=O) groups is 1. The van der Waals surface area contributed by atoms with Crippen LogP contribution in [0.15, 0.2) is 15.5 Å². The van der Waals surface area contributed by atoms with Gasteiger partial charge >= 0.3 is 5.97 Å². The Labute approximate surface area is 108 Å². The standard InChI is InChI=1S/C9H6BrClF2N2O2/c10-4-1-3(9(16)17)6(12)7(13)8(4)15-5(14)2-11/h1H,2H2,(H2,14,15)(H,16,17). The summed E-state index contributed by atoms with van der Waals surface area (Å²) in [5.74, 6) is -4.75. The molecule has 0 radical (unpaired) electrons. The van der Waals surface area contributed by atoms with E-state index in [4.69, 9.17) is 22.4 Å². The molecular formula is C9H6BrClF2N2O2. The topological polar surface area (TPSA) is 75.7 Å². The zero-order valence-corrected chi connectivity index (χ0v) is 10.5. The van der Waals surface area contributed by atoms with Gasteiger partial charge in [-0.2, -0.15) is 0 Å². The number of aliphatic imine (C=N–C) groups is 1. The molecule has 92 valence electrons. The minimum absolute atomic E-state index is 0.0260. The Balaban J connectivity index is 3.46. The predicted octanol–water partition coefficient (Wildman–Crippen LogP) is 2.65. The van der Waals surface area contributed by atoms with Crippen LogP contribution in [-0.4, -0.2) is 22.8 Å². The Bertz CT molecular complexity index is 508. The van der Waals surface area contributed by atoms with E-state index in [1.54, 1.807) is 0 Å². The summed E-state index contributed by atoms with van der Waals surface area (Å²) in [6.45, 7) is 0. The first-order valence-corrected chi connectivity index (χ1v) is 5.51. The molecule has 0 unspecified atom stereocenters. The van der Waals surface area contributed by atoms with Gasteiger partial charge in [0.2, 0.25) is 0 Å². The number of nitrogens with two attached hydrogens (primary N) is 1. The van der Waals surface area contributed by atoms with Crippen molar-refractivity contribution in [1.29, 1.82) is 0 Å². The molecule has 0 bridgehead atoms. The minimum Gasteiger partial charge on any atom is -0.478 e. The lowest BCUT2D eigenvalue weighted by Gasteiger charge is -2.05. The lowest BCUT2D eigenvalue weighted by atomic mass is 10.2. The van der Waals surface area contributed by atoms with E-state index in [0.29, 0.717) is 0 Å². The minimum atomic E-state index is -1.58. The Hall–Kier alpha value is -1.21.